The lowest BCUT2D eigenvalue weighted by molar-refractivity contribution is -0.134. The van der Waals surface area contributed by atoms with Crippen LogP contribution in [0.15, 0.2) is 0 Å². The molecule has 0 aliphatic carbocycles. The van der Waals surface area contributed by atoms with Gasteiger partial charge in [0.25, 0.3) is 0 Å². The van der Waals surface area contributed by atoms with Gasteiger partial charge in [0, 0.05) is 6.61 Å². The third-order valence-electron chi connectivity index (χ3n) is 1.96. The van der Waals surface area contributed by atoms with Crippen LogP contribution in [0.4, 0.5) is 0 Å². The fourth-order valence-corrected chi connectivity index (χ4v) is 1.06. The van der Waals surface area contributed by atoms with Gasteiger partial charge in [-0.2, -0.15) is 0 Å². The third kappa shape index (κ3) is 1.13. The molecule has 0 saturated carbocycles. The van der Waals surface area contributed by atoms with Gasteiger partial charge in [-0.15, -0.1) is 0 Å². The van der Waals surface area contributed by atoms with E-state index in [1.165, 1.54) is 0 Å². The molecule has 52 valence electrons. The van der Waals surface area contributed by atoms with Gasteiger partial charge in [0.15, 0.2) is 5.78 Å². The third-order valence-corrected chi connectivity index (χ3v) is 1.96. The zero-order valence-electron chi connectivity index (χ0n) is 5.94. The van der Waals surface area contributed by atoms with Crippen molar-refractivity contribution in [2.75, 3.05) is 6.61 Å². The van der Waals surface area contributed by atoms with E-state index in [1.54, 1.807) is 6.92 Å². The normalized spacial score (nSPS) is 34.9. The number of Topliss-reactive ketones (excluding diaryl/α,β-unsaturated/α-hetero) is 1. The van der Waals surface area contributed by atoms with Crippen LogP contribution in [0.5, 0.6) is 0 Å². The minimum atomic E-state index is -0.444. The summed E-state index contributed by atoms with van der Waals surface area (Å²) in [5, 5.41) is 0. The highest BCUT2D eigenvalue weighted by atomic mass is 16.5. The Morgan fingerprint density at radius 1 is 1.67 bits per heavy atom. The zero-order valence-corrected chi connectivity index (χ0v) is 5.94. The van der Waals surface area contributed by atoms with E-state index in [-0.39, 0.29) is 5.78 Å². The number of hydrogen-bond donors (Lipinski definition) is 0. The van der Waals surface area contributed by atoms with Gasteiger partial charge in [-0.25, -0.2) is 0 Å². The second kappa shape index (κ2) is 2.10. The van der Waals surface area contributed by atoms with Gasteiger partial charge in [0.2, 0.25) is 0 Å². The lowest BCUT2D eigenvalue weighted by atomic mass is 9.99. The van der Waals surface area contributed by atoms with E-state index in [0.717, 1.165) is 19.4 Å². The van der Waals surface area contributed by atoms with Crippen LogP contribution in [0.2, 0.25) is 0 Å². The molecule has 1 saturated heterocycles. The first kappa shape index (κ1) is 6.75. The Hall–Kier alpha value is -0.370. The molecule has 1 aliphatic heterocycles. The van der Waals surface area contributed by atoms with Crippen LogP contribution in [-0.2, 0) is 9.53 Å². The summed E-state index contributed by atoms with van der Waals surface area (Å²) in [5.41, 5.74) is -0.444. The van der Waals surface area contributed by atoms with E-state index in [0.29, 0.717) is 0 Å². The highest BCUT2D eigenvalue weighted by Crippen LogP contribution is 2.25. The van der Waals surface area contributed by atoms with E-state index < -0.39 is 5.60 Å². The molecule has 1 heterocycles. The fourth-order valence-electron chi connectivity index (χ4n) is 1.06. The van der Waals surface area contributed by atoms with Gasteiger partial charge in [-0.1, -0.05) is 0 Å². The predicted octanol–water partition coefficient (Wildman–Crippen LogP) is 1.14. The monoisotopic (exact) mass is 128 g/mol. The number of carbonyl (C=O) groups is 1. The van der Waals surface area contributed by atoms with E-state index in [1.807, 2.05) is 6.92 Å². The zero-order chi connectivity index (χ0) is 6.91. The fraction of sp³-hybridized carbons (Fsp3) is 0.857. The van der Waals surface area contributed by atoms with Gasteiger partial charge < -0.3 is 4.74 Å². The molecule has 0 aromatic carbocycles. The largest absolute Gasteiger partial charge is 0.368 e. The molecule has 1 atom stereocenters. The number of hydrogen-bond acceptors (Lipinski definition) is 2. The van der Waals surface area contributed by atoms with Crippen LogP contribution in [0.1, 0.15) is 26.7 Å². The van der Waals surface area contributed by atoms with Crippen LogP contribution in [-0.4, -0.2) is 18.0 Å². The molecule has 0 unspecified atom stereocenters. The molecule has 0 bridgehead atoms. The number of rotatable bonds is 1. The number of carbonyl (C=O) groups excluding carboxylic acids is 1. The molecule has 9 heavy (non-hydrogen) atoms. The van der Waals surface area contributed by atoms with Crippen LogP contribution >= 0.6 is 0 Å². The van der Waals surface area contributed by atoms with Crippen molar-refractivity contribution in [3.05, 3.63) is 0 Å². The van der Waals surface area contributed by atoms with Crippen LogP contribution < -0.4 is 0 Å². The Labute approximate surface area is 55.2 Å². The molecular weight excluding hydrogens is 116 g/mol. The topological polar surface area (TPSA) is 26.3 Å². The predicted molar refractivity (Wildman–Crippen MR) is 34.3 cm³/mol. The number of ketones is 1. The maximum Gasteiger partial charge on any atom is 0.161 e. The Balaban J connectivity index is 2.61. The Morgan fingerprint density at radius 2 is 2.33 bits per heavy atom. The first-order valence-corrected chi connectivity index (χ1v) is 3.30. The summed E-state index contributed by atoms with van der Waals surface area (Å²) in [6, 6.07) is 0. The van der Waals surface area contributed by atoms with Crippen LogP contribution in [0, 0.1) is 0 Å². The molecule has 2 heteroatoms. The molecule has 1 rings (SSSR count). The smallest absolute Gasteiger partial charge is 0.161 e. The number of ether oxygens (including phenoxy) is 1. The molecule has 0 spiro atoms. The highest BCUT2D eigenvalue weighted by molar-refractivity contribution is 5.84. The molecular formula is C7H12O2. The second-order valence-corrected chi connectivity index (χ2v) is 2.74. The summed E-state index contributed by atoms with van der Waals surface area (Å²) >= 11 is 0. The van der Waals surface area contributed by atoms with Gasteiger partial charge in [0.05, 0.1) is 0 Å². The van der Waals surface area contributed by atoms with Gasteiger partial charge in [0.1, 0.15) is 5.60 Å². The van der Waals surface area contributed by atoms with Crippen molar-refractivity contribution in [1.82, 2.24) is 0 Å². The standard InChI is InChI=1S/C7H12O2/c1-6(8)7(2)4-3-5-9-7/h3-5H2,1-2H3/t7-/m0/s1. The van der Waals surface area contributed by atoms with E-state index in [2.05, 4.69) is 0 Å². The van der Waals surface area contributed by atoms with Crippen LogP contribution in [0.25, 0.3) is 0 Å². The van der Waals surface area contributed by atoms with E-state index >= 15 is 0 Å². The molecule has 0 aromatic heterocycles. The molecule has 0 amide bonds. The summed E-state index contributed by atoms with van der Waals surface area (Å²) < 4.78 is 5.25. The van der Waals surface area contributed by atoms with Crippen molar-refractivity contribution >= 4 is 5.78 Å². The first-order valence-electron chi connectivity index (χ1n) is 3.30. The first-order chi connectivity index (χ1) is 4.15. The van der Waals surface area contributed by atoms with Crippen molar-refractivity contribution in [2.45, 2.75) is 32.3 Å². The van der Waals surface area contributed by atoms with Gasteiger partial charge in [-0.3, -0.25) is 4.79 Å². The summed E-state index contributed by atoms with van der Waals surface area (Å²) in [4.78, 5) is 10.8. The second-order valence-electron chi connectivity index (χ2n) is 2.74. The molecule has 0 radical (unpaired) electrons. The average molecular weight is 128 g/mol. The summed E-state index contributed by atoms with van der Waals surface area (Å²) in [5.74, 6) is 0.153. The van der Waals surface area contributed by atoms with Crippen molar-refractivity contribution in [3.8, 4) is 0 Å². The average Bonchev–Trinajstić information content (AvgIpc) is 2.16. The Morgan fingerprint density at radius 3 is 2.56 bits per heavy atom. The Kier molecular flexibility index (Phi) is 1.58. The summed E-state index contributed by atoms with van der Waals surface area (Å²) in [7, 11) is 0. The maximum atomic E-state index is 10.8. The molecule has 1 fully saturated rings. The quantitative estimate of drug-likeness (QED) is 0.529. The molecule has 0 aromatic rings. The van der Waals surface area contributed by atoms with Gasteiger partial charge in [-0.05, 0) is 26.7 Å². The SMILES string of the molecule is CC(=O)[C@]1(C)CCCO1. The molecule has 2 nitrogen and oxygen atoms in total. The van der Waals surface area contributed by atoms with Crippen molar-refractivity contribution < 1.29 is 9.53 Å². The van der Waals surface area contributed by atoms with Crippen molar-refractivity contribution in [3.63, 3.8) is 0 Å². The van der Waals surface area contributed by atoms with Crippen LogP contribution in [0.3, 0.4) is 0 Å². The van der Waals surface area contributed by atoms with Crippen molar-refractivity contribution in [2.24, 2.45) is 0 Å². The minimum Gasteiger partial charge on any atom is -0.368 e. The maximum absolute atomic E-state index is 10.8. The van der Waals surface area contributed by atoms with Crippen molar-refractivity contribution in [1.29, 1.82) is 0 Å². The van der Waals surface area contributed by atoms with E-state index in [9.17, 15) is 4.79 Å². The molecule has 1 aliphatic rings. The summed E-state index contributed by atoms with van der Waals surface area (Å²) in [6.07, 6.45) is 1.92. The lowest BCUT2D eigenvalue weighted by Gasteiger charge is -2.18. The molecule has 0 N–H and O–H groups in total. The highest BCUT2D eigenvalue weighted by Gasteiger charge is 2.34. The van der Waals surface area contributed by atoms with E-state index in [4.69, 9.17) is 4.74 Å². The lowest BCUT2D eigenvalue weighted by Crippen LogP contribution is -2.31. The Bertz CT molecular complexity index is 123. The minimum absolute atomic E-state index is 0.153. The summed E-state index contributed by atoms with van der Waals surface area (Å²) in [6.45, 7) is 4.20. The van der Waals surface area contributed by atoms with Gasteiger partial charge >= 0.3 is 0 Å².